The molecule has 1 heterocycles. The number of hydrogen-bond donors (Lipinski definition) is 2. The van der Waals surface area contributed by atoms with E-state index in [-0.39, 0.29) is 12.2 Å². The number of phenols is 1. The Morgan fingerprint density at radius 2 is 1.62 bits per heavy atom. The second-order valence-electron chi connectivity index (χ2n) is 7.56. The number of hydrogen-bond acceptors (Lipinski definition) is 6. The van der Waals surface area contributed by atoms with E-state index in [0.717, 1.165) is 32.9 Å². The van der Waals surface area contributed by atoms with E-state index < -0.39 is 5.97 Å². The summed E-state index contributed by atoms with van der Waals surface area (Å²) >= 11 is 1.64. The molecule has 0 bridgehead atoms. The lowest BCUT2D eigenvalue weighted by Gasteiger charge is -2.08. The molecule has 0 saturated carbocycles. The summed E-state index contributed by atoms with van der Waals surface area (Å²) in [6.45, 7) is 0. The molecule has 0 aliphatic rings. The van der Waals surface area contributed by atoms with Crippen molar-refractivity contribution in [3.05, 3.63) is 83.9 Å². The lowest BCUT2D eigenvalue weighted by Crippen LogP contribution is -1.99. The Morgan fingerprint density at radius 3 is 2.32 bits per heavy atom. The molecule has 0 unspecified atom stereocenters. The minimum absolute atomic E-state index is 0.0342. The van der Waals surface area contributed by atoms with E-state index in [4.69, 9.17) is 19.0 Å². The van der Waals surface area contributed by atoms with Crippen LogP contribution in [0.25, 0.3) is 22.6 Å². The Kier molecular flexibility index (Phi) is 7.13. The fraction of sp³-hybridized carbons (Fsp3) is 0.148. The quantitative estimate of drug-likeness (QED) is 0.276. The summed E-state index contributed by atoms with van der Waals surface area (Å²) in [7, 11) is 3.15. The van der Waals surface area contributed by atoms with Crippen molar-refractivity contribution in [3.8, 4) is 39.9 Å². The van der Waals surface area contributed by atoms with Gasteiger partial charge >= 0.3 is 5.97 Å². The molecule has 34 heavy (non-hydrogen) atoms. The van der Waals surface area contributed by atoms with E-state index in [1.54, 1.807) is 49.2 Å². The Labute approximate surface area is 201 Å². The van der Waals surface area contributed by atoms with Gasteiger partial charge in [-0.25, -0.2) is 0 Å². The maximum absolute atomic E-state index is 11.0. The summed E-state index contributed by atoms with van der Waals surface area (Å²) in [6.07, 6.45) is -0.0342. The molecule has 0 aliphatic carbocycles. The highest BCUT2D eigenvalue weighted by atomic mass is 32.2. The minimum Gasteiger partial charge on any atom is -0.504 e. The first-order valence-electron chi connectivity index (χ1n) is 10.6. The molecule has 0 radical (unpaired) electrons. The number of aliphatic carboxylic acids is 1. The molecule has 4 aromatic rings. The van der Waals surface area contributed by atoms with Gasteiger partial charge < -0.3 is 24.1 Å². The number of rotatable bonds is 9. The Hall–Kier alpha value is -3.84. The van der Waals surface area contributed by atoms with E-state index in [1.165, 1.54) is 7.11 Å². The zero-order valence-electron chi connectivity index (χ0n) is 18.8. The van der Waals surface area contributed by atoms with Crippen molar-refractivity contribution < 1.29 is 28.9 Å². The first-order chi connectivity index (χ1) is 16.5. The third-order valence-electron chi connectivity index (χ3n) is 5.30. The molecule has 6 nitrogen and oxygen atoms in total. The van der Waals surface area contributed by atoms with Gasteiger partial charge in [0, 0.05) is 27.3 Å². The monoisotopic (exact) mass is 476 g/mol. The second kappa shape index (κ2) is 10.4. The number of thioether (sulfide) groups is 1. The molecule has 0 fully saturated rings. The summed E-state index contributed by atoms with van der Waals surface area (Å²) in [5.41, 5.74) is 3.31. The predicted octanol–water partition coefficient (Wildman–Crippen LogP) is 6.26. The molecule has 0 spiro atoms. The van der Waals surface area contributed by atoms with Crippen molar-refractivity contribution in [2.24, 2.45) is 0 Å². The maximum atomic E-state index is 11.0. The number of carbonyl (C=O) groups is 1. The van der Waals surface area contributed by atoms with Crippen LogP contribution in [0.2, 0.25) is 0 Å². The topological polar surface area (TPSA) is 89.1 Å². The largest absolute Gasteiger partial charge is 0.504 e. The van der Waals surface area contributed by atoms with E-state index in [1.807, 2.05) is 42.5 Å². The van der Waals surface area contributed by atoms with Crippen molar-refractivity contribution >= 4 is 17.7 Å². The van der Waals surface area contributed by atoms with E-state index in [9.17, 15) is 9.90 Å². The van der Waals surface area contributed by atoms with Crippen molar-refractivity contribution in [1.29, 1.82) is 0 Å². The van der Waals surface area contributed by atoms with Gasteiger partial charge in [0.25, 0.3) is 0 Å². The SMILES string of the molecule is COc1cc(-c2cc(CSc3ccccc3OC)c(-c3ccc(CC(=O)O)cc3)o2)ccc1O. The van der Waals surface area contributed by atoms with Crippen LogP contribution in [0.3, 0.4) is 0 Å². The fourth-order valence-corrected chi connectivity index (χ4v) is 4.59. The fourth-order valence-electron chi connectivity index (χ4n) is 3.60. The lowest BCUT2D eigenvalue weighted by atomic mass is 10.1. The molecule has 3 aromatic carbocycles. The van der Waals surface area contributed by atoms with Gasteiger partial charge in [0.05, 0.1) is 20.6 Å². The number of para-hydroxylation sites is 1. The second-order valence-corrected chi connectivity index (χ2v) is 8.58. The van der Waals surface area contributed by atoms with Crippen LogP contribution in [0.5, 0.6) is 17.2 Å². The van der Waals surface area contributed by atoms with E-state index >= 15 is 0 Å². The molecule has 7 heteroatoms. The molecule has 1 aromatic heterocycles. The number of carboxylic acids is 1. The first-order valence-corrected chi connectivity index (χ1v) is 11.5. The number of benzene rings is 3. The van der Waals surface area contributed by atoms with E-state index in [0.29, 0.717) is 23.0 Å². The molecular formula is C27H24O6S. The summed E-state index contributed by atoms with van der Waals surface area (Å²) < 4.78 is 17.0. The highest BCUT2D eigenvalue weighted by Crippen LogP contribution is 2.40. The van der Waals surface area contributed by atoms with Gasteiger partial charge in [-0.15, -0.1) is 11.8 Å². The average molecular weight is 477 g/mol. The van der Waals surface area contributed by atoms with Crippen LogP contribution in [0, 0.1) is 0 Å². The third-order valence-corrected chi connectivity index (χ3v) is 6.40. The third kappa shape index (κ3) is 5.21. The molecule has 0 atom stereocenters. The van der Waals surface area contributed by atoms with Crippen LogP contribution in [-0.4, -0.2) is 30.4 Å². The molecule has 0 aliphatic heterocycles. The summed E-state index contributed by atoms with van der Waals surface area (Å²) in [4.78, 5) is 12.0. The molecule has 0 amide bonds. The van der Waals surface area contributed by atoms with Gasteiger partial charge in [-0.3, -0.25) is 4.79 Å². The number of phenolic OH excluding ortho intramolecular Hbond substituents is 1. The van der Waals surface area contributed by atoms with Crippen LogP contribution in [0.4, 0.5) is 0 Å². The normalized spacial score (nSPS) is 10.8. The van der Waals surface area contributed by atoms with Crippen molar-refractivity contribution in [2.75, 3.05) is 14.2 Å². The average Bonchev–Trinajstić information content (AvgIpc) is 3.27. The Balaban J connectivity index is 1.71. The highest BCUT2D eigenvalue weighted by Gasteiger charge is 2.17. The van der Waals surface area contributed by atoms with Crippen molar-refractivity contribution in [1.82, 2.24) is 0 Å². The van der Waals surface area contributed by atoms with Crippen LogP contribution in [0.15, 0.2) is 82.1 Å². The minimum atomic E-state index is -0.872. The number of furan rings is 1. The van der Waals surface area contributed by atoms with Gasteiger partial charge in [-0.1, -0.05) is 36.4 Å². The lowest BCUT2D eigenvalue weighted by molar-refractivity contribution is -0.136. The van der Waals surface area contributed by atoms with Crippen LogP contribution >= 0.6 is 11.8 Å². The molecule has 0 saturated heterocycles. The zero-order valence-corrected chi connectivity index (χ0v) is 19.6. The summed E-state index contributed by atoms with van der Waals surface area (Å²) in [5, 5.41) is 19.0. The molecule has 4 rings (SSSR count). The summed E-state index contributed by atoms with van der Waals surface area (Å²) in [5.74, 6) is 2.32. The van der Waals surface area contributed by atoms with Gasteiger partial charge in [0.15, 0.2) is 11.5 Å². The zero-order chi connectivity index (χ0) is 24.1. The number of methoxy groups -OCH3 is 2. The smallest absolute Gasteiger partial charge is 0.307 e. The van der Waals surface area contributed by atoms with Crippen LogP contribution in [0.1, 0.15) is 11.1 Å². The standard InChI is InChI=1S/C27H24O6S/c1-31-22-5-3-4-6-25(22)34-16-20-15-23(19-11-12-21(28)24(14-19)32-2)33-27(20)18-9-7-17(8-10-18)13-26(29)30/h3-12,14-15,28H,13,16H2,1-2H3,(H,29,30). The van der Waals surface area contributed by atoms with Crippen molar-refractivity contribution in [3.63, 3.8) is 0 Å². The van der Waals surface area contributed by atoms with Crippen LogP contribution in [-0.2, 0) is 17.0 Å². The van der Waals surface area contributed by atoms with Gasteiger partial charge in [0.1, 0.15) is 17.3 Å². The first kappa shape index (κ1) is 23.3. The van der Waals surface area contributed by atoms with Gasteiger partial charge in [0.2, 0.25) is 0 Å². The summed E-state index contributed by atoms with van der Waals surface area (Å²) in [6, 6.07) is 22.2. The van der Waals surface area contributed by atoms with E-state index in [2.05, 4.69) is 0 Å². The number of aromatic hydroxyl groups is 1. The van der Waals surface area contributed by atoms with Gasteiger partial charge in [-0.2, -0.15) is 0 Å². The Bertz CT molecular complexity index is 1290. The van der Waals surface area contributed by atoms with Crippen molar-refractivity contribution in [2.45, 2.75) is 17.1 Å². The molecular weight excluding hydrogens is 452 g/mol. The van der Waals surface area contributed by atoms with Crippen LogP contribution < -0.4 is 9.47 Å². The molecule has 174 valence electrons. The number of carboxylic acid groups (broad SMARTS) is 1. The highest BCUT2D eigenvalue weighted by molar-refractivity contribution is 7.98. The van der Waals surface area contributed by atoms with Gasteiger partial charge in [-0.05, 0) is 42.0 Å². The Morgan fingerprint density at radius 1 is 0.912 bits per heavy atom. The maximum Gasteiger partial charge on any atom is 0.307 e. The molecule has 2 N–H and O–H groups in total. The number of ether oxygens (including phenoxy) is 2. The predicted molar refractivity (Wildman–Crippen MR) is 132 cm³/mol.